The number of amides is 2. The summed E-state index contributed by atoms with van der Waals surface area (Å²) in [4.78, 5) is 39.0. The van der Waals surface area contributed by atoms with Gasteiger partial charge in [-0.05, 0) is 38.0 Å². The minimum absolute atomic E-state index is 0.205. The molecule has 0 saturated carbocycles. The number of carbonyl (C=O) groups excluding carboxylic acids is 3. The summed E-state index contributed by atoms with van der Waals surface area (Å²) in [5.41, 5.74) is -0.244. The van der Waals surface area contributed by atoms with Crippen LogP contribution in [0.4, 0.5) is 0 Å². The molecule has 196 valence electrons. The third kappa shape index (κ3) is 10.1. The maximum Gasteiger partial charge on any atom is 0.305 e. The van der Waals surface area contributed by atoms with Gasteiger partial charge < -0.3 is 35.0 Å². The highest BCUT2D eigenvalue weighted by atomic mass is 16.5. The van der Waals surface area contributed by atoms with Crippen molar-refractivity contribution in [2.24, 2.45) is 5.41 Å². The molecule has 0 aromatic carbocycles. The number of nitrogens with one attached hydrogen (secondary N) is 1. The maximum atomic E-state index is 13.0. The summed E-state index contributed by atoms with van der Waals surface area (Å²) in [7, 11) is 1.20. The second kappa shape index (κ2) is 14.4. The van der Waals surface area contributed by atoms with Gasteiger partial charge in [0.2, 0.25) is 5.91 Å². The zero-order valence-corrected chi connectivity index (χ0v) is 21.0. The Bertz CT molecular complexity index is 691. The number of carbonyl (C=O) groups is 3. The van der Waals surface area contributed by atoms with Gasteiger partial charge in [-0.3, -0.25) is 14.4 Å². The first-order valence-corrected chi connectivity index (χ1v) is 11.9. The predicted octanol–water partition coefficient (Wildman–Crippen LogP) is 0.527. The van der Waals surface area contributed by atoms with Crippen LogP contribution in [0.2, 0.25) is 0 Å². The highest BCUT2D eigenvalue weighted by Gasteiger charge is 2.37. The molecule has 4 N–H and O–H groups in total. The topological polar surface area (TPSA) is 146 Å². The van der Waals surface area contributed by atoms with Crippen molar-refractivity contribution in [3.05, 3.63) is 12.2 Å². The zero-order chi connectivity index (χ0) is 25.9. The molecule has 34 heavy (non-hydrogen) atoms. The van der Waals surface area contributed by atoms with Gasteiger partial charge in [0.15, 0.2) is 6.10 Å². The van der Waals surface area contributed by atoms with Crippen LogP contribution < -0.4 is 5.32 Å². The molecule has 1 heterocycles. The molecule has 1 aliphatic heterocycles. The highest BCUT2D eigenvalue weighted by molar-refractivity contribution is 5.90. The van der Waals surface area contributed by atoms with E-state index in [1.165, 1.54) is 13.2 Å². The number of aliphatic hydroxyl groups excluding tert-OH is 3. The fourth-order valence-corrected chi connectivity index (χ4v) is 3.65. The number of nitrogens with zero attached hydrogens (tertiary/aromatic N) is 1. The molecule has 2 amide bonds. The molecule has 1 aliphatic rings. The van der Waals surface area contributed by atoms with Crippen molar-refractivity contribution < 1.29 is 39.2 Å². The van der Waals surface area contributed by atoms with Crippen LogP contribution >= 0.6 is 0 Å². The lowest BCUT2D eigenvalue weighted by molar-refractivity contribution is -0.151. The molecule has 1 fully saturated rings. The van der Waals surface area contributed by atoms with E-state index in [2.05, 4.69) is 5.32 Å². The number of rotatable bonds is 12. The minimum Gasteiger partial charge on any atom is -0.466 e. The first-order chi connectivity index (χ1) is 15.9. The standard InChI is InChI=1S/C24H42N2O8/c1-6-34-18(28)11-9-15-26-14-8-7-10-16(23(26)32)25-22(31)21(33-5)20(30)19(29)17(27)12-13-24(2,3)4/h12-13,16-17,19-21,27,29-30H,6-11,14-15H2,1-5H3,(H,25,31)/b13-12+/t16?,17-,19+,20-,21-/m1/s1. The number of aliphatic hydroxyl groups is 3. The Kier molecular flexibility index (Phi) is 12.7. The first kappa shape index (κ1) is 30.0. The fraction of sp³-hybridized carbons (Fsp3) is 0.792. The van der Waals surface area contributed by atoms with Crippen LogP contribution in [0.3, 0.4) is 0 Å². The van der Waals surface area contributed by atoms with Gasteiger partial charge in [-0.15, -0.1) is 0 Å². The van der Waals surface area contributed by atoms with Crippen molar-refractivity contribution in [1.29, 1.82) is 0 Å². The van der Waals surface area contributed by atoms with E-state index in [1.807, 2.05) is 20.8 Å². The molecule has 0 aromatic heterocycles. The van der Waals surface area contributed by atoms with Gasteiger partial charge in [-0.2, -0.15) is 0 Å². The Hall–Kier alpha value is -2.01. The third-order valence-corrected chi connectivity index (χ3v) is 5.53. The monoisotopic (exact) mass is 486 g/mol. The lowest BCUT2D eigenvalue weighted by atomic mass is 9.94. The molecule has 10 nitrogen and oxygen atoms in total. The van der Waals surface area contributed by atoms with Crippen molar-refractivity contribution >= 4 is 17.8 Å². The molecule has 5 atom stereocenters. The summed E-state index contributed by atoms with van der Waals surface area (Å²) in [6, 6.07) is -0.815. The van der Waals surface area contributed by atoms with Crippen LogP contribution in [-0.2, 0) is 23.9 Å². The molecule has 1 saturated heterocycles. The van der Waals surface area contributed by atoms with E-state index >= 15 is 0 Å². The molecule has 10 heteroatoms. The molecule has 0 aromatic rings. The molecule has 0 bridgehead atoms. The average molecular weight is 487 g/mol. The Morgan fingerprint density at radius 2 is 1.88 bits per heavy atom. The number of esters is 1. The average Bonchev–Trinajstić information content (AvgIpc) is 2.93. The number of hydrogen-bond acceptors (Lipinski definition) is 8. The highest BCUT2D eigenvalue weighted by Crippen LogP contribution is 2.18. The molecular formula is C24H42N2O8. The van der Waals surface area contributed by atoms with Crippen molar-refractivity contribution in [1.82, 2.24) is 10.2 Å². The quantitative estimate of drug-likeness (QED) is 0.231. The maximum absolute atomic E-state index is 13.0. The molecular weight excluding hydrogens is 444 g/mol. The second-order valence-electron chi connectivity index (χ2n) is 9.64. The van der Waals surface area contributed by atoms with E-state index in [-0.39, 0.29) is 23.7 Å². The first-order valence-electron chi connectivity index (χ1n) is 11.9. The van der Waals surface area contributed by atoms with Crippen LogP contribution in [0, 0.1) is 5.41 Å². The predicted molar refractivity (Wildman–Crippen MR) is 126 cm³/mol. The van der Waals surface area contributed by atoms with E-state index in [4.69, 9.17) is 9.47 Å². The summed E-state index contributed by atoms with van der Waals surface area (Å²) in [6.45, 7) is 8.66. The summed E-state index contributed by atoms with van der Waals surface area (Å²) in [5, 5.41) is 33.6. The van der Waals surface area contributed by atoms with Gasteiger partial charge in [-0.25, -0.2) is 0 Å². The van der Waals surface area contributed by atoms with Crippen molar-refractivity contribution in [2.75, 3.05) is 26.8 Å². The Labute approximate surface area is 202 Å². The van der Waals surface area contributed by atoms with E-state index in [9.17, 15) is 29.7 Å². The van der Waals surface area contributed by atoms with E-state index in [0.29, 0.717) is 39.0 Å². The fourth-order valence-electron chi connectivity index (χ4n) is 3.65. The minimum atomic E-state index is -1.72. The van der Waals surface area contributed by atoms with Gasteiger partial charge in [0.25, 0.3) is 5.91 Å². The van der Waals surface area contributed by atoms with Crippen LogP contribution in [-0.4, -0.2) is 95.3 Å². The van der Waals surface area contributed by atoms with Crippen molar-refractivity contribution in [3.8, 4) is 0 Å². The van der Waals surface area contributed by atoms with Crippen molar-refractivity contribution in [3.63, 3.8) is 0 Å². The largest absolute Gasteiger partial charge is 0.466 e. The second-order valence-corrected chi connectivity index (χ2v) is 9.64. The number of hydrogen-bond donors (Lipinski definition) is 4. The molecule has 1 unspecified atom stereocenters. The third-order valence-electron chi connectivity index (χ3n) is 5.53. The van der Waals surface area contributed by atoms with Crippen LogP contribution in [0.15, 0.2) is 12.2 Å². The SMILES string of the molecule is CCOC(=O)CCCN1CCCCC(NC(=O)[C@H](OC)[C@H](O)[C@@H](O)[C@H](O)/C=C/C(C)(C)C)C1=O. The van der Waals surface area contributed by atoms with Gasteiger partial charge in [0.1, 0.15) is 24.4 Å². The van der Waals surface area contributed by atoms with Gasteiger partial charge in [-0.1, -0.05) is 32.9 Å². The van der Waals surface area contributed by atoms with E-state index in [1.54, 1.807) is 17.9 Å². The zero-order valence-electron chi connectivity index (χ0n) is 21.0. The van der Waals surface area contributed by atoms with Crippen molar-refractivity contribution in [2.45, 2.75) is 90.3 Å². The lowest BCUT2D eigenvalue weighted by Gasteiger charge is -2.29. The summed E-state index contributed by atoms with van der Waals surface area (Å²) < 4.78 is 10.0. The Morgan fingerprint density at radius 3 is 2.47 bits per heavy atom. The Balaban J connectivity index is 2.76. The number of ether oxygens (including phenoxy) is 2. The number of likely N-dealkylation sites (tertiary alicyclic amines) is 1. The summed E-state index contributed by atoms with van der Waals surface area (Å²) >= 11 is 0. The smallest absolute Gasteiger partial charge is 0.305 e. The number of methoxy groups -OCH3 is 1. The van der Waals surface area contributed by atoms with Gasteiger partial charge in [0.05, 0.1) is 6.61 Å². The summed E-state index contributed by atoms with van der Waals surface area (Å²) in [6.07, 6.45) is -0.668. The van der Waals surface area contributed by atoms with Gasteiger partial charge >= 0.3 is 5.97 Å². The normalized spacial score (nSPS) is 21.0. The van der Waals surface area contributed by atoms with Crippen LogP contribution in [0.25, 0.3) is 0 Å². The van der Waals surface area contributed by atoms with Crippen LogP contribution in [0.5, 0.6) is 0 Å². The molecule has 1 rings (SSSR count). The molecule has 0 aliphatic carbocycles. The van der Waals surface area contributed by atoms with Gasteiger partial charge in [0, 0.05) is 26.6 Å². The summed E-state index contributed by atoms with van der Waals surface area (Å²) in [5.74, 6) is -1.34. The molecule has 0 radical (unpaired) electrons. The molecule has 0 spiro atoms. The van der Waals surface area contributed by atoms with E-state index < -0.39 is 36.4 Å². The van der Waals surface area contributed by atoms with Crippen LogP contribution in [0.1, 0.15) is 59.8 Å². The lowest BCUT2D eigenvalue weighted by Crippen LogP contribution is -2.55. The number of allylic oxidation sites excluding steroid dienone is 1. The Morgan fingerprint density at radius 1 is 1.21 bits per heavy atom. The van der Waals surface area contributed by atoms with E-state index in [0.717, 1.165) is 6.42 Å².